The second kappa shape index (κ2) is 7.10. The molecule has 0 atom stereocenters. The smallest absolute Gasteiger partial charge is 0.322 e. The number of amides is 4. The maximum atomic E-state index is 11.9. The molecule has 0 bridgehead atoms. The van der Waals surface area contributed by atoms with Gasteiger partial charge in [0.15, 0.2) is 0 Å². The maximum Gasteiger partial charge on any atom is 0.322 e. The molecule has 4 amide bonds. The van der Waals surface area contributed by atoms with E-state index in [1.807, 2.05) is 0 Å². The van der Waals surface area contributed by atoms with Crippen LogP contribution in [0, 0.1) is 0 Å². The topological polar surface area (TPSA) is 145 Å². The SMILES string of the molecule is NCc1ccc(NC(=O)N(CC(N)=O)CC(N)=O)cc1. The number of urea groups is 1. The minimum Gasteiger partial charge on any atom is -0.368 e. The number of hydrogen-bond donors (Lipinski definition) is 4. The number of benzene rings is 1. The summed E-state index contributed by atoms with van der Waals surface area (Å²) in [4.78, 5) is 34.6. The van der Waals surface area contributed by atoms with E-state index in [2.05, 4.69) is 5.32 Å². The summed E-state index contributed by atoms with van der Waals surface area (Å²) in [6.45, 7) is -0.394. The predicted molar refractivity (Wildman–Crippen MR) is 73.3 cm³/mol. The molecule has 0 heterocycles. The molecule has 0 unspecified atom stereocenters. The van der Waals surface area contributed by atoms with Crippen molar-refractivity contribution in [2.45, 2.75) is 6.54 Å². The highest BCUT2D eigenvalue weighted by atomic mass is 16.2. The number of carbonyl (C=O) groups excluding carboxylic acids is 3. The summed E-state index contributed by atoms with van der Waals surface area (Å²) in [5.41, 5.74) is 16.9. The number of nitrogens with zero attached hydrogens (tertiary/aromatic N) is 1. The first kappa shape index (κ1) is 15.4. The lowest BCUT2D eigenvalue weighted by Gasteiger charge is -2.20. The molecule has 0 aliphatic heterocycles. The molecule has 0 saturated carbocycles. The van der Waals surface area contributed by atoms with Crippen LogP contribution >= 0.6 is 0 Å². The van der Waals surface area contributed by atoms with Crippen molar-refractivity contribution in [1.29, 1.82) is 0 Å². The van der Waals surface area contributed by atoms with Crippen LogP contribution in [0.5, 0.6) is 0 Å². The summed E-state index contributed by atoms with van der Waals surface area (Å²) in [6.07, 6.45) is 0. The number of nitrogens with two attached hydrogens (primary N) is 3. The molecule has 8 heteroatoms. The normalized spacial score (nSPS) is 9.85. The average Bonchev–Trinajstić information content (AvgIpc) is 2.37. The van der Waals surface area contributed by atoms with Gasteiger partial charge in [-0.3, -0.25) is 9.59 Å². The van der Waals surface area contributed by atoms with Crippen molar-refractivity contribution in [2.75, 3.05) is 18.4 Å². The van der Waals surface area contributed by atoms with Gasteiger partial charge in [-0.15, -0.1) is 0 Å². The molecule has 7 N–H and O–H groups in total. The van der Waals surface area contributed by atoms with Gasteiger partial charge in [0, 0.05) is 12.2 Å². The van der Waals surface area contributed by atoms with Gasteiger partial charge < -0.3 is 27.4 Å². The summed E-state index contributed by atoms with van der Waals surface area (Å²) in [6, 6.07) is 6.19. The van der Waals surface area contributed by atoms with Crippen LogP contribution in [0.25, 0.3) is 0 Å². The summed E-state index contributed by atoms with van der Waals surface area (Å²) in [5, 5.41) is 2.53. The number of hydrogen-bond acceptors (Lipinski definition) is 4. The van der Waals surface area contributed by atoms with Crippen LogP contribution in [0.4, 0.5) is 10.5 Å². The molecule has 0 aromatic heterocycles. The summed E-state index contributed by atoms with van der Waals surface area (Å²) < 4.78 is 0. The monoisotopic (exact) mass is 279 g/mol. The third-order valence-electron chi connectivity index (χ3n) is 2.42. The first-order valence-electron chi connectivity index (χ1n) is 5.84. The van der Waals surface area contributed by atoms with Crippen molar-refractivity contribution >= 4 is 23.5 Å². The molecule has 8 nitrogen and oxygen atoms in total. The minimum atomic E-state index is -0.736. The molecule has 20 heavy (non-hydrogen) atoms. The largest absolute Gasteiger partial charge is 0.368 e. The van der Waals surface area contributed by atoms with Crippen LogP contribution in [0.15, 0.2) is 24.3 Å². The van der Waals surface area contributed by atoms with Crippen molar-refractivity contribution in [2.24, 2.45) is 17.2 Å². The van der Waals surface area contributed by atoms with Crippen LogP contribution in [0.1, 0.15) is 5.56 Å². The third-order valence-corrected chi connectivity index (χ3v) is 2.42. The quantitative estimate of drug-likeness (QED) is 0.526. The van der Waals surface area contributed by atoms with E-state index in [0.717, 1.165) is 10.5 Å². The van der Waals surface area contributed by atoms with Crippen molar-refractivity contribution in [1.82, 2.24) is 4.90 Å². The molecule has 108 valence electrons. The van der Waals surface area contributed by atoms with Gasteiger partial charge in [0.1, 0.15) is 13.1 Å². The van der Waals surface area contributed by atoms with Crippen LogP contribution in [-0.4, -0.2) is 35.8 Å². The van der Waals surface area contributed by atoms with Gasteiger partial charge >= 0.3 is 6.03 Å². The van der Waals surface area contributed by atoms with Crippen LogP contribution in [-0.2, 0) is 16.1 Å². The fourth-order valence-electron chi connectivity index (χ4n) is 1.50. The highest BCUT2D eigenvalue weighted by molar-refractivity contribution is 5.94. The number of primary amides is 2. The van der Waals surface area contributed by atoms with Crippen LogP contribution < -0.4 is 22.5 Å². The van der Waals surface area contributed by atoms with Gasteiger partial charge in [-0.2, -0.15) is 0 Å². The van der Waals surface area contributed by atoms with E-state index in [0.29, 0.717) is 12.2 Å². The maximum absolute atomic E-state index is 11.9. The lowest BCUT2D eigenvalue weighted by atomic mass is 10.2. The third kappa shape index (κ3) is 4.94. The Kier molecular flexibility index (Phi) is 5.48. The van der Waals surface area contributed by atoms with Crippen molar-refractivity contribution in [3.8, 4) is 0 Å². The lowest BCUT2D eigenvalue weighted by Crippen LogP contribution is -2.45. The molecular weight excluding hydrogens is 262 g/mol. The lowest BCUT2D eigenvalue weighted by molar-refractivity contribution is -0.120. The Labute approximate surface area is 115 Å². The number of nitrogens with one attached hydrogen (secondary N) is 1. The van der Waals surface area contributed by atoms with Crippen molar-refractivity contribution in [3.05, 3.63) is 29.8 Å². The van der Waals surface area contributed by atoms with E-state index in [4.69, 9.17) is 17.2 Å². The van der Waals surface area contributed by atoms with Crippen LogP contribution in [0.3, 0.4) is 0 Å². The molecule has 0 aliphatic rings. The zero-order chi connectivity index (χ0) is 15.1. The first-order valence-corrected chi connectivity index (χ1v) is 5.84. The van der Waals surface area contributed by atoms with E-state index < -0.39 is 30.9 Å². The molecule has 0 saturated heterocycles. The van der Waals surface area contributed by atoms with E-state index in [-0.39, 0.29) is 0 Å². The van der Waals surface area contributed by atoms with E-state index in [1.165, 1.54) is 0 Å². The van der Waals surface area contributed by atoms with Gasteiger partial charge in [0.2, 0.25) is 11.8 Å². The van der Waals surface area contributed by atoms with E-state index in [1.54, 1.807) is 24.3 Å². The van der Waals surface area contributed by atoms with Gasteiger partial charge in [-0.05, 0) is 17.7 Å². The zero-order valence-electron chi connectivity index (χ0n) is 10.8. The molecule has 0 aliphatic carbocycles. The molecule has 0 radical (unpaired) electrons. The molecule has 0 fully saturated rings. The van der Waals surface area contributed by atoms with E-state index in [9.17, 15) is 14.4 Å². The molecule has 1 rings (SSSR count). The molecular formula is C12H17N5O3. The summed E-state index contributed by atoms with van der Waals surface area (Å²) in [7, 11) is 0. The average molecular weight is 279 g/mol. The second-order valence-electron chi connectivity index (χ2n) is 4.12. The van der Waals surface area contributed by atoms with Crippen molar-refractivity contribution in [3.63, 3.8) is 0 Å². The number of carbonyl (C=O) groups is 3. The van der Waals surface area contributed by atoms with Crippen LogP contribution in [0.2, 0.25) is 0 Å². The van der Waals surface area contributed by atoms with Crippen molar-refractivity contribution < 1.29 is 14.4 Å². The highest BCUT2D eigenvalue weighted by Gasteiger charge is 2.17. The standard InChI is InChI=1S/C12H17N5O3/c13-5-8-1-3-9(4-2-8)16-12(20)17(6-10(14)18)7-11(15)19/h1-4H,5-7,13H2,(H2,14,18)(H2,15,19)(H,16,20). The Morgan fingerprint density at radius 1 is 1.00 bits per heavy atom. The minimum absolute atomic E-state index is 0.393. The summed E-state index contributed by atoms with van der Waals surface area (Å²) >= 11 is 0. The fourth-order valence-corrected chi connectivity index (χ4v) is 1.50. The zero-order valence-corrected chi connectivity index (χ0v) is 10.8. The summed E-state index contributed by atoms with van der Waals surface area (Å²) in [5.74, 6) is -1.47. The molecule has 1 aromatic rings. The predicted octanol–water partition coefficient (Wildman–Crippen LogP) is -1.05. The highest BCUT2D eigenvalue weighted by Crippen LogP contribution is 2.10. The molecule has 1 aromatic carbocycles. The molecule has 0 spiro atoms. The first-order chi connectivity index (χ1) is 9.42. The Morgan fingerprint density at radius 3 is 1.90 bits per heavy atom. The van der Waals surface area contributed by atoms with Gasteiger partial charge in [0.05, 0.1) is 0 Å². The Balaban J connectivity index is 2.73. The fraction of sp³-hybridized carbons (Fsp3) is 0.250. The Morgan fingerprint density at radius 2 is 1.50 bits per heavy atom. The van der Waals surface area contributed by atoms with Gasteiger partial charge in [-0.1, -0.05) is 12.1 Å². The number of rotatable bonds is 6. The second-order valence-corrected chi connectivity index (χ2v) is 4.12. The van der Waals surface area contributed by atoms with Gasteiger partial charge in [-0.25, -0.2) is 4.79 Å². The van der Waals surface area contributed by atoms with Gasteiger partial charge in [0.25, 0.3) is 0 Å². The van der Waals surface area contributed by atoms with E-state index >= 15 is 0 Å². The number of anilines is 1. The Bertz CT molecular complexity index is 484. The Hall–Kier alpha value is -2.61.